The van der Waals surface area contributed by atoms with Gasteiger partial charge in [-0.15, -0.1) is 0 Å². The van der Waals surface area contributed by atoms with Gasteiger partial charge in [0.25, 0.3) is 0 Å². The maximum Gasteiger partial charge on any atom is 0.143 e. The normalized spacial score (nSPS) is 16.2. The molecule has 0 radical (unpaired) electrons. The van der Waals surface area contributed by atoms with E-state index in [1.807, 2.05) is 19.2 Å². The van der Waals surface area contributed by atoms with Gasteiger partial charge in [-0.1, -0.05) is 73.9 Å². The molecule has 33 heavy (non-hydrogen) atoms. The molecule has 1 heterocycles. The van der Waals surface area contributed by atoms with E-state index in [9.17, 15) is 0 Å². The van der Waals surface area contributed by atoms with Gasteiger partial charge in [-0.05, 0) is 56.1 Å². The van der Waals surface area contributed by atoms with E-state index in [2.05, 4.69) is 89.4 Å². The number of hydrogen-bond donors (Lipinski definition) is 2. The number of allylic oxidation sites excluding steroid dienone is 3. The summed E-state index contributed by atoms with van der Waals surface area (Å²) in [6.45, 7) is 11.9. The molecule has 2 aromatic carbocycles. The highest BCUT2D eigenvalue weighted by Gasteiger charge is 2.21. The van der Waals surface area contributed by atoms with Gasteiger partial charge >= 0.3 is 0 Å². The molecule has 1 atom stereocenters. The summed E-state index contributed by atoms with van der Waals surface area (Å²) < 4.78 is 6.56. The van der Waals surface area contributed by atoms with E-state index in [-0.39, 0.29) is 6.10 Å². The fraction of sp³-hybridized carbons (Fsp3) is 0.379. The van der Waals surface area contributed by atoms with Gasteiger partial charge in [-0.25, -0.2) is 0 Å². The van der Waals surface area contributed by atoms with Crippen LogP contribution in [0.15, 0.2) is 91.6 Å². The van der Waals surface area contributed by atoms with Crippen LogP contribution in [-0.4, -0.2) is 44.2 Å². The van der Waals surface area contributed by atoms with Crippen LogP contribution in [0, 0.1) is 0 Å². The molecule has 176 valence electrons. The van der Waals surface area contributed by atoms with Crippen LogP contribution >= 0.6 is 0 Å². The van der Waals surface area contributed by atoms with E-state index >= 15 is 0 Å². The summed E-state index contributed by atoms with van der Waals surface area (Å²) in [6, 6.07) is 19.3. The third-order valence-electron chi connectivity index (χ3n) is 6.24. The van der Waals surface area contributed by atoms with Gasteiger partial charge in [0, 0.05) is 32.1 Å². The minimum atomic E-state index is 0.0196. The molecular formula is C29H39N3O. The maximum absolute atomic E-state index is 6.56. The van der Waals surface area contributed by atoms with Crippen molar-refractivity contribution >= 4 is 5.69 Å². The van der Waals surface area contributed by atoms with Crippen molar-refractivity contribution in [1.29, 1.82) is 0 Å². The molecule has 1 saturated heterocycles. The third-order valence-corrected chi connectivity index (χ3v) is 6.24. The lowest BCUT2D eigenvalue weighted by Crippen LogP contribution is -2.39. The van der Waals surface area contributed by atoms with E-state index < -0.39 is 0 Å². The van der Waals surface area contributed by atoms with Crippen molar-refractivity contribution < 1.29 is 4.74 Å². The molecule has 0 amide bonds. The SMILES string of the molecule is C=C/C=C(\C=C)CCN1CCC(Nc2ccccc2OC(CCNC)c2ccccc2)CC1. The van der Waals surface area contributed by atoms with E-state index in [4.69, 9.17) is 4.74 Å². The number of nitrogens with one attached hydrogen (secondary N) is 2. The van der Waals surface area contributed by atoms with Crippen molar-refractivity contribution in [3.8, 4) is 5.75 Å². The molecule has 2 N–H and O–H groups in total. The Balaban J connectivity index is 1.58. The third kappa shape index (κ3) is 7.92. The van der Waals surface area contributed by atoms with Gasteiger partial charge in [0.15, 0.2) is 0 Å². The van der Waals surface area contributed by atoms with Crippen molar-refractivity contribution in [3.63, 3.8) is 0 Å². The molecule has 3 rings (SSSR count). The predicted octanol–water partition coefficient (Wildman–Crippen LogP) is 5.98. The minimum Gasteiger partial charge on any atom is -0.484 e. The topological polar surface area (TPSA) is 36.5 Å². The number of para-hydroxylation sites is 2. The lowest BCUT2D eigenvalue weighted by Gasteiger charge is -2.33. The first-order valence-electron chi connectivity index (χ1n) is 12.1. The molecule has 0 aliphatic carbocycles. The zero-order valence-electron chi connectivity index (χ0n) is 20.0. The van der Waals surface area contributed by atoms with Gasteiger partial charge in [-0.2, -0.15) is 0 Å². The Morgan fingerprint density at radius 2 is 1.82 bits per heavy atom. The quantitative estimate of drug-likeness (QED) is 0.372. The number of hydrogen-bond acceptors (Lipinski definition) is 4. The van der Waals surface area contributed by atoms with Crippen LogP contribution in [0.1, 0.15) is 37.4 Å². The second-order valence-corrected chi connectivity index (χ2v) is 8.60. The highest BCUT2D eigenvalue weighted by atomic mass is 16.5. The van der Waals surface area contributed by atoms with Crippen LogP contribution in [0.5, 0.6) is 5.75 Å². The Morgan fingerprint density at radius 1 is 1.09 bits per heavy atom. The Morgan fingerprint density at radius 3 is 2.52 bits per heavy atom. The number of nitrogens with zero attached hydrogens (tertiary/aromatic N) is 1. The summed E-state index contributed by atoms with van der Waals surface area (Å²) in [5.74, 6) is 0.926. The molecule has 1 aliphatic rings. The maximum atomic E-state index is 6.56. The van der Waals surface area contributed by atoms with Crippen LogP contribution in [0.3, 0.4) is 0 Å². The molecule has 4 nitrogen and oxygen atoms in total. The number of anilines is 1. The largest absolute Gasteiger partial charge is 0.484 e. The van der Waals surface area contributed by atoms with Crippen molar-refractivity contribution in [2.45, 2.75) is 37.8 Å². The highest BCUT2D eigenvalue weighted by molar-refractivity contribution is 5.57. The van der Waals surface area contributed by atoms with E-state index in [1.165, 1.54) is 11.1 Å². The van der Waals surface area contributed by atoms with Gasteiger partial charge in [-0.3, -0.25) is 0 Å². The van der Waals surface area contributed by atoms with Crippen LogP contribution in [0.4, 0.5) is 5.69 Å². The summed E-state index contributed by atoms with van der Waals surface area (Å²) in [4.78, 5) is 2.55. The molecule has 0 saturated carbocycles. The minimum absolute atomic E-state index is 0.0196. The van der Waals surface area contributed by atoms with Crippen LogP contribution in [0.25, 0.3) is 0 Å². The van der Waals surface area contributed by atoms with Crippen LogP contribution in [-0.2, 0) is 0 Å². The van der Waals surface area contributed by atoms with Gasteiger partial charge in [0.05, 0.1) is 5.69 Å². The monoisotopic (exact) mass is 445 g/mol. The predicted molar refractivity (Wildman–Crippen MR) is 141 cm³/mol. The second kappa shape index (κ2) is 13.7. The molecular weight excluding hydrogens is 406 g/mol. The smallest absolute Gasteiger partial charge is 0.143 e. The number of rotatable bonds is 13. The summed E-state index contributed by atoms with van der Waals surface area (Å²) in [5, 5.41) is 7.02. The lowest BCUT2D eigenvalue weighted by molar-refractivity contribution is 0.195. The molecule has 1 unspecified atom stereocenters. The van der Waals surface area contributed by atoms with Crippen molar-refractivity contribution in [3.05, 3.63) is 97.1 Å². The summed E-state index contributed by atoms with van der Waals surface area (Å²) in [7, 11) is 1.98. The zero-order valence-corrected chi connectivity index (χ0v) is 20.0. The first-order chi connectivity index (χ1) is 16.2. The average Bonchev–Trinajstić information content (AvgIpc) is 2.86. The molecule has 0 bridgehead atoms. The van der Waals surface area contributed by atoms with Gasteiger partial charge in [0.1, 0.15) is 11.9 Å². The highest BCUT2D eigenvalue weighted by Crippen LogP contribution is 2.32. The van der Waals surface area contributed by atoms with E-state index in [0.29, 0.717) is 6.04 Å². The second-order valence-electron chi connectivity index (χ2n) is 8.60. The lowest BCUT2D eigenvalue weighted by atomic mass is 10.0. The molecule has 2 aromatic rings. The number of ether oxygens (including phenoxy) is 1. The fourth-order valence-electron chi connectivity index (χ4n) is 4.29. The van der Waals surface area contributed by atoms with E-state index in [1.54, 1.807) is 0 Å². The molecule has 0 aromatic heterocycles. The molecule has 4 heteroatoms. The Bertz CT molecular complexity index is 885. The summed E-state index contributed by atoms with van der Waals surface area (Å²) >= 11 is 0. The first-order valence-corrected chi connectivity index (χ1v) is 12.1. The number of benzene rings is 2. The average molecular weight is 446 g/mol. The van der Waals surface area contributed by atoms with Crippen molar-refractivity contribution in [2.75, 3.05) is 38.5 Å². The summed E-state index contributed by atoms with van der Waals surface area (Å²) in [6.07, 6.45) is 10.1. The van der Waals surface area contributed by atoms with Crippen molar-refractivity contribution in [1.82, 2.24) is 10.2 Å². The first kappa shape index (κ1) is 24.8. The van der Waals surface area contributed by atoms with E-state index in [0.717, 1.165) is 63.3 Å². The van der Waals surface area contributed by atoms with Crippen LogP contribution in [0.2, 0.25) is 0 Å². The molecule has 1 fully saturated rings. The Hall–Kier alpha value is -2.82. The number of piperidine rings is 1. The van der Waals surface area contributed by atoms with Crippen molar-refractivity contribution in [2.24, 2.45) is 0 Å². The zero-order chi connectivity index (χ0) is 23.3. The van der Waals surface area contributed by atoms with Crippen LogP contribution < -0.4 is 15.4 Å². The molecule has 0 spiro atoms. The number of likely N-dealkylation sites (tertiary alicyclic amines) is 1. The van der Waals surface area contributed by atoms with Gasteiger partial charge < -0.3 is 20.3 Å². The standard InChI is InChI=1S/C29H39N3O/c1-4-11-24(5-2)17-21-32-22-18-26(19-23-32)31-27-14-9-10-15-29(27)33-28(16-20-30-3)25-12-7-6-8-13-25/h4-15,26,28,30-31H,1-2,16-23H2,3H3/b24-11+. The fourth-order valence-corrected chi connectivity index (χ4v) is 4.29. The Labute approximate surface area is 200 Å². The van der Waals surface area contributed by atoms with Gasteiger partial charge in [0.2, 0.25) is 0 Å². The Kier molecular flexibility index (Phi) is 10.3. The molecule has 1 aliphatic heterocycles. The summed E-state index contributed by atoms with van der Waals surface area (Å²) in [5.41, 5.74) is 3.55.